The van der Waals surface area contributed by atoms with E-state index >= 15 is 0 Å². The third-order valence-electron chi connectivity index (χ3n) is 4.51. The van der Waals surface area contributed by atoms with Crippen LogP contribution in [0.15, 0.2) is 59.4 Å². The molecule has 32 heavy (non-hydrogen) atoms. The summed E-state index contributed by atoms with van der Waals surface area (Å²) in [5.41, 5.74) is -0.291. The molecule has 1 heterocycles. The molecule has 6 nitrogen and oxygen atoms in total. The quantitative estimate of drug-likeness (QED) is 0.595. The second-order valence-electron chi connectivity index (χ2n) is 7.47. The fourth-order valence-corrected chi connectivity index (χ4v) is 2.97. The lowest BCUT2D eigenvalue weighted by atomic mass is 10.2. The van der Waals surface area contributed by atoms with Crippen LogP contribution in [0.25, 0.3) is 5.69 Å². The van der Waals surface area contributed by atoms with Crippen LogP contribution in [0.1, 0.15) is 41.2 Å². The number of aryl methyl sites for hydroxylation is 1. The number of hydrogen-bond acceptors (Lipinski definition) is 4. The van der Waals surface area contributed by atoms with Crippen LogP contribution in [0.3, 0.4) is 0 Å². The summed E-state index contributed by atoms with van der Waals surface area (Å²) in [6.45, 7) is 5.69. The summed E-state index contributed by atoms with van der Waals surface area (Å²) in [6.07, 6.45) is -4.49. The van der Waals surface area contributed by atoms with E-state index in [1.54, 1.807) is 18.2 Å². The number of nitrogens with one attached hydrogen (secondary N) is 1. The molecule has 0 bridgehead atoms. The standard InChI is InChI=1S/C23H22F3N3O3/c1-14(2)32-13-16-6-4-8-18(11-16)27-22(31)21-20(30)10-15(3)29(28-21)19-9-5-7-17(12-19)23(24,25)26/h4-12,14H,13H2,1-3H3,(H,27,31). The predicted molar refractivity (Wildman–Crippen MR) is 114 cm³/mol. The molecule has 0 aliphatic heterocycles. The van der Waals surface area contributed by atoms with Gasteiger partial charge in [-0.2, -0.15) is 18.3 Å². The summed E-state index contributed by atoms with van der Waals surface area (Å²) < 4.78 is 45.9. The average molecular weight is 445 g/mol. The van der Waals surface area contributed by atoms with Gasteiger partial charge in [0, 0.05) is 17.4 Å². The Kier molecular flexibility index (Phi) is 6.78. The van der Waals surface area contributed by atoms with E-state index in [9.17, 15) is 22.8 Å². The number of rotatable bonds is 6. The second kappa shape index (κ2) is 9.35. The zero-order valence-electron chi connectivity index (χ0n) is 17.7. The molecule has 0 saturated carbocycles. The Labute approximate surface area is 182 Å². The minimum atomic E-state index is -4.53. The molecule has 1 amide bonds. The molecule has 0 spiro atoms. The fraction of sp³-hybridized carbons (Fsp3) is 0.261. The van der Waals surface area contributed by atoms with Gasteiger partial charge in [-0.1, -0.05) is 18.2 Å². The van der Waals surface area contributed by atoms with E-state index in [-0.39, 0.29) is 11.8 Å². The van der Waals surface area contributed by atoms with Crippen molar-refractivity contribution in [3.05, 3.63) is 87.3 Å². The van der Waals surface area contributed by atoms with Crippen molar-refractivity contribution >= 4 is 11.6 Å². The van der Waals surface area contributed by atoms with E-state index in [1.807, 2.05) is 19.9 Å². The molecule has 2 aromatic carbocycles. The summed E-state index contributed by atoms with van der Waals surface area (Å²) >= 11 is 0. The molecule has 168 valence electrons. The fourth-order valence-electron chi connectivity index (χ4n) is 2.97. The highest BCUT2D eigenvalue weighted by Crippen LogP contribution is 2.30. The van der Waals surface area contributed by atoms with Gasteiger partial charge in [-0.05, 0) is 56.7 Å². The number of amides is 1. The van der Waals surface area contributed by atoms with E-state index in [2.05, 4.69) is 10.4 Å². The molecule has 0 radical (unpaired) electrons. The summed E-state index contributed by atoms with van der Waals surface area (Å²) in [7, 11) is 0. The monoisotopic (exact) mass is 445 g/mol. The molecule has 3 rings (SSSR count). The minimum absolute atomic E-state index is 0.0410. The van der Waals surface area contributed by atoms with Crippen LogP contribution in [-0.4, -0.2) is 21.8 Å². The number of hydrogen-bond donors (Lipinski definition) is 1. The Bertz CT molecular complexity index is 1190. The first-order valence-electron chi connectivity index (χ1n) is 9.85. The minimum Gasteiger partial charge on any atom is -0.374 e. The van der Waals surface area contributed by atoms with Gasteiger partial charge in [0.1, 0.15) is 0 Å². The van der Waals surface area contributed by atoms with Gasteiger partial charge in [-0.15, -0.1) is 0 Å². The zero-order valence-corrected chi connectivity index (χ0v) is 17.7. The summed E-state index contributed by atoms with van der Waals surface area (Å²) in [6, 6.07) is 12.6. The Morgan fingerprint density at radius 1 is 1.12 bits per heavy atom. The van der Waals surface area contributed by atoms with E-state index in [4.69, 9.17) is 4.74 Å². The molecular formula is C23H22F3N3O3. The third-order valence-corrected chi connectivity index (χ3v) is 4.51. The van der Waals surface area contributed by atoms with Crippen molar-refractivity contribution in [2.24, 2.45) is 0 Å². The zero-order chi connectivity index (χ0) is 23.5. The van der Waals surface area contributed by atoms with Crippen molar-refractivity contribution in [3.8, 4) is 5.69 Å². The SMILES string of the molecule is Cc1cc(=O)c(C(=O)Nc2cccc(COC(C)C)c2)nn1-c1cccc(C(F)(F)F)c1. The number of aromatic nitrogens is 2. The van der Waals surface area contributed by atoms with Gasteiger partial charge in [-0.3, -0.25) is 9.59 Å². The molecule has 0 fully saturated rings. The lowest BCUT2D eigenvalue weighted by molar-refractivity contribution is -0.137. The number of carbonyl (C=O) groups is 1. The molecule has 1 N–H and O–H groups in total. The Balaban J connectivity index is 1.90. The Morgan fingerprint density at radius 2 is 1.84 bits per heavy atom. The van der Waals surface area contributed by atoms with Crippen molar-refractivity contribution in [2.45, 2.75) is 39.7 Å². The predicted octanol–water partition coefficient (Wildman–Crippen LogP) is 4.74. The Hall–Kier alpha value is -3.46. The maximum Gasteiger partial charge on any atom is 0.416 e. The number of nitrogens with zero attached hydrogens (tertiary/aromatic N) is 2. The molecule has 9 heteroatoms. The van der Waals surface area contributed by atoms with Crippen LogP contribution in [0.2, 0.25) is 0 Å². The third kappa shape index (κ3) is 5.61. The first-order valence-corrected chi connectivity index (χ1v) is 9.85. The number of ether oxygens (including phenoxy) is 1. The van der Waals surface area contributed by atoms with Crippen molar-refractivity contribution < 1.29 is 22.7 Å². The maximum absolute atomic E-state index is 13.1. The van der Waals surface area contributed by atoms with Crippen LogP contribution < -0.4 is 10.7 Å². The van der Waals surface area contributed by atoms with Crippen LogP contribution in [0, 0.1) is 6.92 Å². The topological polar surface area (TPSA) is 73.2 Å². The normalized spacial score (nSPS) is 11.6. The Morgan fingerprint density at radius 3 is 2.53 bits per heavy atom. The van der Waals surface area contributed by atoms with Crippen LogP contribution in [0.4, 0.5) is 18.9 Å². The summed E-state index contributed by atoms with van der Waals surface area (Å²) in [5.74, 6) is -0.766. The lowest BCUT2D eigenvalue weighted by Crippen LogP contribution is -2.27. The molecule has 1 aromatic heterocycles. The van der Waals surface area contributed by atoms with Gasteiger partial charge in [-0.25, -0.2) is 4.68 Å². The first-order chi connectivity index (χ1) is 15.0. The van der Waals surface area contributed by atoms with Gasteiger partial charge in [0.2, 0.25) is 5.43 Å². The summed E-state index contributed by atoms with van der Waals surface area (Å²) in [5, 5.41) is 6.65. The number of benzene rings is 2. The number of alkyl halides is 3. The second-order valence-corrected chi connectivity index (χ2v) is 7.47. The van der Waals surface area contributed by atoms with Gasteiger partial charge >= 0.3 is 6.18 Å². The van der Waals surface area contributed by atoms with Gasteiger partial charge in [0.25, 0.3) is 5.91 Å². The highest BCUT2D eigenvalue weighted by atomic mass is 19.4. The van der Waals surface area contributed by atoms with E-state index < -0.39 is 28.8 Å². The first kappa shape index (κ1) is 23.2. The largest absolute Gasteiger partial charge is 0.416 e. The molecule has 0 atom stereocenters. The lowest BCUT2D eigenvalue weighted by Gasteiger charge is -2.14. The smallest absolute Gasteiger partial charge is 0.374 e. The molecule has 0 aliphatic rings. The average Bonchev–Trinajstić information content (AvgIpc) is 2.72. The molecule has 3 aromatic rings. The maximum atomic E-state index is 13.1. The van der Waals surface area contributed by atoms with E-state index in [0.717, 1.165) is 28.4 Å². The van der Waals surface area contributed by atoms with Crippen LogP contribution in [0.5, 0.6) is 0 Å². The number of halogens is 3. The van der Waals surface area contributed by atoms with E-state index in [0.29, 0.717) is 18.0 Å². The molecule has 0 aliphatic carbocycles. The van der Waals surface area contributed by atoms with Crippen molar-refractivity contribution in [3.63, 3.8) is 0 Å². The van der Waals surface area contributed by atoms with Crippen molar-refractivity contribution in [1.29, 1.82) is 0 Å². The highest BCUT2D eigenvalue weighted by molar-refractivity contribution is 6.02. The number of anilines is 1. The molecule has 0 saturated heterocycles. The van der Waals surface area contributed by atoms with E-state index in [1.165, 1.54) is 19.1 Å². The van der Waals surface area contributed by atoms with Crippen LogP contribution >= 0.6 is 0 Å². The molecule has 0 unspecified atom stereocenters. The van der Waals surface area contributed by atoms with Crippen molar-refractivity contribution in [1.82, 2.24) is 9.78 Å². The van der Waals surface area contributed by atoms with Gasteiger partial charge in [0.15, 0.2) is 5.69 Å². The van der Waals surface area contributed by atoms with Crippen LogP contribution in [-0.2, 0) is 17.5 Å². The van der Waals surface area contributed by atoms with Gasteiger partial charge < -0.3 is 10.1 Å². The number of carbonyl (C=O) groups excluding carboxylic acids is 1. The van der Waals surface area contributed by atoms with Gasteiger partial charge in [0.05, 0.1) is 24.0 Å². The molecular weight excluding hydrogens is 423 g/mol. The highest BCUT2D eigenvalue weighted by Gasteiger charge is 2.30. The van der Waals surface area contributed by atoms with Crippen molar-refractivity contribution in [2.75, 3.05) is 5.32 Å². The summed E-state index contributed by atoms with van der Waals surface area (Å²) in [4.78, 5) is 25.1.